The number of amides is 3. The van der Waals surface area contributed by atoms with Gasteiger partial charge in [0.15, 0.2) is 0 Å². The number of carbonyl (C=O) groups excluding carboxylic acids is 3. The van der Waals surface area contributed by atoms with E-state index in [1.165, 1.54) is 4.90 Å². The average molecular weight is 626 g/mol. The van der Waals surface area contributed by atoms with Crippen LogP contribution in [0.3, 0.4) is 0 Å². The minimum absolute atomic E-state index is 0.203. The summed E-state index contributed by atoms with van der Waals surface area (Å²) in [5.41, 5.74) is 19.1. The van der Waals surface area contributed by atoms with Gasteiger partial charge in [-0.05, 0) is 42.2 Å². The summed E-state index contributed by atoms with van der Waals surface area (Å²) in [5.74, 6) is -1.21. The maximum Gasteiger partial charge on any atom is 0.242 e. The van der Waals surface area contributed by atoms with Crippen LogP contribution in [0.2, 0.25) is 0 Å². The van der Waals surface area contributed by atoms with Crippen molar-refractivity contribution in [2.75, 3.05) is 26.2 Å². The lowest BCUT2D eigenvalue weighted by molar-refractivity contribution is -0.135. The van der Waals surface area contributed by atoms with Crippen molar-refractivity contribution >= 4 is 49.6 Å². The van der Waals surface area contributed by atoms with E-state index in [1.807, 2.05) is 48.5 Å². The van der Waals surface area contributed by atoms with Crippen molar-refractivity contribution < 1.29 is 14.4 Å². The molecule has 0 aromatic heterocycles. The SMILES string of the molecule is NCCN(CCN)C(=O)CC(N)C(=O)NC(CCc1ccccc1)C(=O)NCc1cc(Br)cc(Br)c1. The zero-order valence-electron chi connectivity index (χ0n) is 20.1. The first kappa shape index (κ1) is 29.9. The Morgan fingerprint density at radius 3 is 2.08 bits per heavy atom. The fourth-order valence-corrected chi connectivity index (χ4v) is 5.00. The number of nitrogens with zero attached hydrogens (tertiary/aromatic N) is 1. The average Bonchev–Trinajstić information content (AvgIpc) is 2.84. The lowest BCUT2D eigenvalue weighted by Crippen LogP contribution is -2.53. The van der Waals surface area contributed by atoms with Crippen LogP contribution in [0, 0.1) is 0 Å². The maximum atomic E-state index is 13.1. The molecule has 0 saturated heterocycles. The number of rotatable bonds is 14. The molecule has 36 heavy (non-hydrogen) atoms. The molecule has 0 radical (unpaired) electrons. The zero-order valence-corrected chi connectivity index (χ0v) is 23.3. The predicted octanol–water partition coefficient (Wildman–Crippen LogP) is 1.41. The monoisotopic (exact) mass is 624 g/mol. The second kappa shape index (κ2) is 15.7. The highest BCUT2D eigenvalue weighted by Crippen LogP contribution is 2.20. The van der Waals surface area contributed by atoms with Gasteiger partial charge in [-0.2, -0.15) is 0 Å². The van der Waals surface area contributed by atoms with E-state index in [4.69, 9.17) is 17.2 Å². The Kier molecular flexibility index (Phi) is 13.1. The molecule has 2 aromatic rings. The summed E-state index contributed by atoms with van der Waals surface area (Å²) in [4.78, 5) is 40.0. The molecule has 0 spiro atoms. The van der Waals surface area contributed by atoms with E-state index < -0.39 is 18.0 Å². The van der Waals surface area contributed by atoms with Crippen LogP contribution >= 0.6 is 31.9 Å². The molecule has 196 valence electrons. The molecule has 3 amide bonds. The number of halogens is 2. The van der Waals surface area contributed by atoms with Gasteiger partial charge >= 0.3 is 0 Å². The van der Waals surface area contributed by atoms with Crippen LogP contribution in [0.4, 0.5) is 0 Å². The van der Waals surface area contributed by atoms with Crippen LogP contribution in [-0.2, 0) is 27.3 Å². The highest BCUT2D eigenvalue weighted by molar-refractivity contribution is 9.11. The third kappa shape index (κ3) is 10.4. The maximum absolute atomic E-state index is 13.1. The summed E-state index contributed by atoms with van der Waals surface area (Å²) in [6, 6.07) is 13.5. The van der Waals surface area contributed by atoms with E-state index in [-0.39, 0.29) is 37.9 Å². The molecule has 0 saturated carbocycles. The summed E-state index contributed by atoms with van der Waals surface area (Å²) >= 11 is 6.88. The third-order valence-electron chi connectivity index (χ3n) is 5.47. The van der Waals surface area contributed by atoms with Gasteiger partial charge in [-0.1, -0.05) is 62.2 Å². The Bertz CT molecular complexity index is 982. The Labute approximate surface area is 228 Å². The normalized spacial score (nSPS) is 12.5. The molecule has 11 heteroatoms. The van der Waals surface area contributed by atoms with E-state index in [9.17, 15) is 14.4 Å². The molecular weight excluding hydrogens is 592 g/mol. The Morgan fingerprint density at radius 2 is 1.50 bits per heavy atom. The van der Waals surface area contributed by atoms with Crippen molar-refractivity contribution in [2.24, 2.45) is 17.2 Å². The lowest BCUT2D eigenvalue weighted by Gasteiger charge is -2.24. The molecule has 2 unspecified atom stereocenters. The second-order valence-corrected chi connectivity index (χ2v) is 10.2. The molecule has 0 aliphatic heterocycles. The van der Waals surface area contributed by atoms with E-state index in [0.29, 0.717) is 25.9 Å². The number of nitrogens with one attached hydrogen (secondary N) is 2. The number of benzene rings is 2. The molecular formula is C25H34Br2N6O3. The highest BCUT2D eigenvalue weighted by Gasteiger charge is 2.26. The van der Waals surface area contributed by atoms with Crippen LogP contribution in [0.15, 0.2) is 57.5 Å². The van der Waals surface area contributed by atoms with Gasteiger partial charge < -0.3 is 32.7 Å². The van der Waals surface area contributed by atoms with Crippen LogP contribution in [0.25, 0.3) is 0 Å². The zero-order chi connectivity index (χ0) is 26.5. The molecule has 0 fully saturated rings. The summed E-state index contributed by atoms with van der Waals surface area (Å²) in [6.45, 7) is 1.51. The summed E-state index contributed by atoms with van der Waals surface area (Å²) in [5, 5.41) is 5.63. The molecule has 2 rings (SSSR count). The van der Waals surface area contributed by atoms with E-state index >= 15 is 0 Å². The molecule has 0 bridgehead atoms. The summed E-state index contributed by atoms with van der Waals surface area (Å²) in [6.07, 6.45) is 0.748. The predicted molar refractivity (Wildman–Crippen MR) is 148 cm³/mol. The molecule has 2 atom stereocenters. The van der Waals surface area contributed by atoms with Gasteiger partial charge in [0.2, 0.25) is 17.7 Å². The molecule has 9 nitrogen and oxygen atoms in total. The largest absolute Gasteiger partial charge is 0.350 e. The quantitative estimate of drug-likeness (QED) is 0.214. The van der Waals surface area contributed by atoms with Crippen molar-refractivity contribution in [2.45, 2.75) is 37.9 Å². The van der Waals surface area contributed by atoms with Crippen LogP contribution in [-0.4, -0.2) is 60.9 Å². The molecule has 0 aliphatic carbocycles. The van der Waals surface area contributed by atoms with Gasteiger partial charge in [0.05, 0.1) is 12.5 Å². The van der Waals surface area contributed by atoms with Gasteiger partial charge in [0, 0.05) is 41.7 Å². The van der Waals surface area contributed by atoms with E-state index in [2.05, 4.69) is 42.5 Å². The Balaban J connectivity index is 2.05. The first-order valence-electron chi connectivity index (χ1n) is 11.7. The van der Waals surface area contributed by atoms with E-state index in [0.717, 1.165) is 20.1 Å². The van der Waals surface area contributed by atoms with Crippen molar-refractivity contribution in [3.05, 3.63) is 68.6 Å². The summed E-state index contributed by atoms with van der Waals surface area (Å²) in [7, 11) is 0. The van der Waals surface area contributed by atoms with Crippen molar-refractivity contribution in [1.82, 2.24) is 15.5 Å². The lowest BCUT2D eigenvalue weighted by atomic mass is 10.0. The van der Waals surface area contributed by atoms with Crippen molar-refractivity contribution in [3.63, 3.8) is 0 Å². The van der Waals surface area contributed by atoms with Gasteiger partial charge in [0.25, 0.3) is 0 Å². The molecule has 0 heterocycles. The number of carbonyl (C=O) groups is 3. The number of aryl methyl sites for hydroxylation is 1. The molecule has 2 aromatic carbocycles. The Morgan fingerprint density at radius 1 is 0.889 bits per heavy atom. The van der Waals surface area contributed by atoms with Crippen LogP contribution in [0.1, 0.15) is 24.0 Å². The molecule has 8 N–H and O–H groups in total. The topological polar surface area (TPSA) is 157 Å². The third-order valence-corrected chi connectivity index (χ3v) is 6.38. The first-order chi connectivity index (χ1) is 17.2. The number of nitrogens with two attached hydrogens (primary N) is 3. The fourth-order valence-electron chi connectivity index (χ4n) is 3.61. The number of hydrogen-bond donors (Lipinski definition) is 5. The van der Waals surface area contributed by atoms with E-state index in [1.54, 1.807) is 0 Å². The highest BCUT2D eigenvalue weighted by atomic mass is 79.9. The minimum atomic E-state index is -1.11. The Hall–Kier alpha value is -2.31. The standard InChI is InChI=1S/C25H34Br2N6O3/c26-19-12-18(13-20(27)14-19)16-31-25(36)22(7-6-17-4-2-1-3-5-17)32-24(35)21(30)15-23(34)33(10-8-28)11-9-29/h1-5,12-14,21-22H,6-11,15-16,28-30H2,(H,31,36)(H,32,35). The van der Waals surface area contributed by atoms with Gasteiger partial charge in [0.1, 0.15) is 6.04 Å². The fraction of sp³-hybridized carbons (Fsp3) is 0.400. The smallest absolute Gasteiger partial charge is 0.242 e. The first-order valence-corrected chi connectivity index (χ1v) is 13.3. The molecule has 0 aliphatic rings. The van der Waals surface area contributed by atoms with Crippen LogP contribution < -0.4 is 27.8 Å². The van der Waals surface area contributed by atoms with Gasteiger partial charge in [-0.15, -0.1) is 0 Å². The summed E-state index contributed by atoms with van der Waals surface area (Å²) < 4.78 is 1.76. The van der Waals surface area contributed by atoms with Crippen molar-refractivity contribution in [1.29, 1.82) is 0 Å². The second-order valence-electron chi connectivity index (χ2n) is 8.35. The van der Waals surface area contributed by atoms with Gasteiger partial charge in [-0.25, -0.2) is 0 Å². The minimum Gasteiger partial charge on any atom is -0.350 e. The number of hydrogen-bond acceptors (Lipinski definition) is 6. The van der Waals surface area contributed by atoms with Crippen LogP contribution in [0.5, 0.6) is 0 Å². The van der Waals surface area contributed by atoms with Gasteiger partial charge in [-0.3, -0.25) is 14.4 Å². The van der Waals surface area contributed by atoms with Crippen molar-refractivity contribution in [3.8, 4) is 0 Å².